The van der Waals surface area contributed by atoms with E-state index in [2.05, 4.69) is 74.6 Å². The lowest BCUT2D eigenvalue weighted by atomic mass is 9.96. The number of hydrogen-bond donors (Lipinski definition) is 1. The predicted molar refractivity (Wildman–Crippen MR) is 121 cm³/mol. The molecule has 5 heteroatoms. The van der Waals surface area contributed by atoms with Crippen molar-refractivity contribution in [1.82, 2.24) is 15.1 Å². The van der Waals surface area contributed by atoms with Gasteiger partial charge in [-0.15, -0.1) is 0 Å². The standard InChI is InChI=1S/C25H29FN4/c1-17-25(18(2)30(28-17)24-13-8-21(26)9-14-24)20-7-10-22(15-20)27-16-19-5-11-23(12-6-19)29(3)4/h5-14,20,22,27H,15-16H2,1-4H3/t20-,22+/m0/s1. The Balaban J connectivity index is 1.42. The molecule has 4 rings (SSSR count). The first-order valence-corrected chi connectivity index (χ1v) is 10.4. The van der Waals surface area contributed by atoms with E-state index in [9.17, 15) is 4.39 Å². The third-order valence-corrected chi connectivity index (χ3v) is 5.89. The first-order valence-electron chi connectivity index (χ1n) is 10.4. The van der Waals surface area contributed by atoms with Gasteiger partial charge in [0.2, 0.25) is 0 Å². The molecule has 1 N–H and O–H groups in total. The summed E-state index contributed by atoms with van der Waals surface area (Å²) in [5.74, 6) is 0.109. The highest BCUT2D eigenvalue weighted by Crippen LogP contribution is 2.34. The molecule has 0 saturated carbocycles. The monoisotopic (exact) mass is 404 g/mol. The molecule has 0 fully saturated rings. The van der Waals surface area contributed by atoms with Gasteiger partial charge in [-0.2, -0.15) is 5.10 Å². The van der Waals surface area contributed by atoms with E-state index in [1.165, 1.54) is 28.9 Å². The van der Waals surface area contributed by atoms with Crippen LogP contribution in [-0.2, 0) is 6.54 Å². The lowest BCUT2D eigenvalue weighted by Crippen LogP contribution is -2.25. The van der Waals surface area contributed by atoms with Crippen LogP contribution < -0.4 is 10.2 Å². The predicted octanol–water partition coefficient (Wildman–Crippen LogP) is 4.90. The van der Waals surface area contributed by atoms with E-state index in [0.29, 0.717) is 12.0 Å². The maximum absolute atomic E-state index is 13.3. The van der Waals surface area contributed by atoms with Gasteiger partial charge in [0.25, 0.3) is 0 Å². The van der Waals surface area contributed by atoms with Crippen molar-refractivity contribution in [2.75, 3.05) is 19.0 Å². The number of aromatic nitrogens is 2. The van der Waals surface area contributed by atoms with Crippen LogP contribution in [0.4, 0.5) is 10.1 Å². The number of rotatable bonds is 6. The van der Waals surface area contributed by atoms with Crippen molar-refractivity contribution in [2.24, 2.45) is 0 Å². The first-order chi connectivity index (χ1) is 14.4. The molecule has 0 unspecified atom stereocenters. The second-order valence-electron chi connectivity index (χ2n) is 8.25. The van der Waals surface area contributed by atoms with Crippen LogP contribution >= 0.6 is 0 Å². The Kier molecular flexibility index (Phi) is 5.73. The van der Waals surface area contributed by atoms with Crippen LogP contribution in [0.15, 0.2) is 60.7 Å². The molecule has 0 bridgehead atoms. The zero-order valence-corrected chi connectivity index (χ0v) is 18.1. The fourth-order valence-electron chi connectivity index (χ4n) is 4.25. The number of benzene rings is 2. The summed E-state index contributed by atoms with van der Waals surface area (Å²) in [6.45, 7) is 5.01. The summed E-state index contributed by atoms with van der Waals surface area (Å²) < 4.78 is 15.2. The molecule has 0 saturated heterocycles. The number of nitrogens with zero attached hydrogens (tertiary/aromatic N) is 3. The van der Waals surface area contributed by atoms with E-state index >= 15 is 0 Å². The van der Waals surface area contributed by atoms with Crippen molar-refractivity contribution in [2.45, 2.75) is 38.8 Å². The highest BCUT2D eigenvalue weighted by molar-refractivity contribution is 5.46. The zero-order chi connectivity index (χ0) is 21.3. The van der Waals surface area contributed by atoms with Crippen LogP contribution in [0.2, 0.25) is 0 Å². The van der Waals surface area contributed by atoms with Gasteiger partial charge in [-0.05, 0) is 62.2 Å². The Morgan fingerprint density at radius 3 is 2.40 bits per heavy atom. The van der Waals surface area contributed by atoms with Crippen molar-refractivity contribution in [3.63, 3.8) is 0 Å². The number of aryl methyl sites for hydroxylation is 1. The molecule has 0 amide bonds. The Hall–Kier alpha value is -2.92. The Morgan fingerprint density at radius 2 is 1.73 bits per heavy atom. The molecule has 2 aromatic carbocycles. The number of anilines is 1. The second kappa shape index (κ2) is 8.44. The molecule has 0 aliphatic heterocycles. The van der Waals surface area contributed by atoms with Crippen LogP contribution in [0, 0.1) is 19.7 Å². The Morgan fingerprint density at radius 1 is 1.03 bits per heavy atom. The Labute approximate surface area is 178 Å². The molecule has 1 heterocycles. The first kappa shape index (κ1) is 20.4. The molecule has 1 aliphatic rings. The highest BCUT2D eigenvalue weighted by atomic mass is 19.1. The van der Waals surface area contributed by atoms with Crippen molar-refractivity contribution < 1.29 is 4.39 Å². The lowest BCUT2D eigenvalue weighted by molar-refractivity contribution is 0.559. The molecule has 30 heavy (non-hydrogen) atoms. The van der Waals surface area contributed by atoms with E-state index in [-0.39, 0.29) is 5.82 Å². The highest BCUT2D eigenvalue weighted by Gasteiger charge is 2.26. The molecule has 4 nitrogen and oxygen atoms in total. The van der Waals surface area contributed by atoms with Gasteiger partial charge in [0, 0.05) is 49.5 Å². The number of nitrogens with one attached hydrogen (secondary N) is 1. The summed E-state index contributed by atoms with van der Waals surface area (Å²) in [5.41, 5.74) is 6.81. The SMILES string of the molecule is Cc1nn(-c2ccc(F)cc2)c(C)c1[C@H]1C=C[C@@H](NCc2ccc(N(C)C)cc2)C1. The Bertz CT molecular complexity index is 1030. The molecule has 156 valence electrons. The van der Waals surface area contributed by atoms with Crippen LogP contribution in [0.5, 0.6) is 0 Å². The van der Waals surface area contributed by atoms with Crippen LogP contribution in [-0.4, -0.2) is 29.9 Å². The number of allylic oxidation sites excluding steroid dienone is 1. The molecule has 0 spiro atoms. The van der Waals surface area contributed by atoms with Crippen molar-refractivity contribution >= 4 is 5.69 Å². The quantitative estimate of drug-likeness (QED) is 0.594. The van der Waals surface area contributed by atoms with Crippen molar-refractivity contribution in [3.8, 4) is 5.69 Å². The third kappa shape index (κ3) is 4.17. The summed E-state index contributed by atoms with van der Waals surface area (Å²) >= 11 is 0. The summed E-state index contributed by atoms with van der Waals surface area (Å²) in [7, 11) is 4.11. The molecule has 3 aromatic rings. The molecule has 1 aromatic heterocycles. The van der Waals surface area contributed by atoms with Gasteiger partial charge in [0.1, 0.15) is 5.82 Å². The summed E-state index contributed by atoms with van der Waals surface area (Å²) in [6, 6.07) is 15.5. The van der Waals surface area contributed by atoms with Gasteiger partial charge in [-0.1, -0.05) is 24.3 Å². The smallest absolute Gasteiger partial charge is 0.123 e. The van der Waals surface area contributed by atoms with Gasteiger partial charge in [0.15, 0.2) is 0 Å². The van der Waals surface area contributed by atoms with E-state index in [0.717, 1.165) is 30.0 Å². The van der Waals surface area contributed by atoms with Crippen LogP contribution in [0.25, 0.3) is 5.69 Å². The molecule has 0 radical (unpaired) electrons. The number of hydrogen-bond acceptors (Lipinski definition) is 3. The van der Waals surface area contributed by atoms with Gasteiger partial charge < -0.3 is 10.2 Å². The maximum Gasteiger partial charge on any atom is 0.123 e. The van der Waals surface area contributed by atoms with E-state index in [4.69, 9.17) is 5.10 Å². The second-order valence-corrected chi connectivity index (χ2v) is 8.25. The molecular weight excluding hydrogens is 375 g/mol. The topological polar surface area (TPSA) is 33.1 Å². The van der Waals surface area contributed by atoms with E-state index in [1.807, 2.05) is 4.68 Å². The largest absolute Gasteiger partial charge is 0.378 e. The average molecular weight is 405 g/mol. The summed E-state index contributed by atoms with van der Waals surface area (Å²) in [6.07, 6.45) is 5.58. The van der Waals surface area contributed by atoms with Crippen molar-refractivity contribution in [1.29, 1.82) is 0 Å². The van der Waals surface area contributed by atoms with E-state index < -0.39 is 0 Å². The fourth-order valence-corrected chi connectivity index (χ4v) is 4.25. The minimum Gasteiger partial charge on any atom is -0.378 e. The van der Waals surface area contributed by atoms with Gasteiger partial charge >= 0.3 is 0 Å². The molecular formula is C25H29FN4. The summed E-state index contributed by atoms with van der Waals surface area (Å²) in [4.78, 5) is 2.11. The fraction of sp³-hybridized carbons (Fsp3) is 0.320. The maximum atomic E-state index is 13.3. The van der Waals surface area contributed by atoms with Gasteiger partial charge in [-0.25, -0.2) is 9.07 Å². The number of halogens is 1. The van der Waals surface area contributed by atoms with Crippen molar-refractivity contribution in [3.05, 3.63) is 89.0 Å². The summed E-state index contributed by atoms with van der Waals surface area (Å²) in [5, 5.41) is 8.39. The molecule has 1 aliphatic carbocycles. The third-order valence-electron chi connectivity index (χ3n) is 5.89. The van der Waals surface area contributed by atoms with E-state index in [1.54, 1.807) is 12.1 Å². The normalized spacial score (nSPS) is 18.2. The minimum atomic E-state index is -0.232. The minimum absolute atomic E-state index is 0.232. The lowest BCUT2D eigenvalue weighted by Gasteiger charge is -2.16. The average Bonchev–Trinajstić information content (AvgIpc) is 3.31. The van der Waals surface area contributed by atoms with Crippen LogP contribution in [0.1, 0.15) is 34.9 Å². The zero-order valence-electron chi connectivity index (χ0n) is 18.1. The van der Waals surface area contributed by atoms with Gasteiger partial charge in [-0.3, -0.25) is 0 Å². The molecule has 2 atom stereocenters. The van der Waals surface area contributed by atoms with Gasteiger partial charge in [0.05, 0.1) is 11.4 Å². The van der Waals surface area contributed by atoms with Crippen LogP contribution in [0.3, 0.4) is 0 Å².